The van der Waals surface area contributed by atoms with Gasteiger partial charge in [-0.25, -0.2) is 8.42 Å². The molecule has 0 aromatic carbocycles. The van der Waals surface area contributed by atoms with Crippen molar-refractivity contribution in [2.24, 2.45) is 0 Å². The fourth-order valence-corrected chi connectivity index (χ4v) is 4.06. The van der Waals surface area contributed by atoms with Crippen LogP contribution in [0.3, 0.4) is 0 Å². The van der Waals surface area contributed by atoms with Gasteiger partial charge in [0.1, 0.15) is 15.6 Å². The predicted octanol–water partition coefficient (Wildman–Crippen LogP) is 1.28. The molecule has 0 aliphatic heterocycles. The Balaban J connectivity index is 2.21. The van der Waals surface area contributed by atoms with E-state index in [9.17, 15) is 13.2 Å². The summed E-state index contributed by atoms with van der Waals surface area (Å²) in [7, 11) is -2.84. The van der Waals surface area contributed by atoms with Gasteiger partial charge in [0, 0.05) is 30.1 Å². The minimum atomic E-state index is -2.84. The molecule has 1 saturated carbocycles. The van der Waals surface area contributed by atoms with Gasteiger partial charge in [-0.3, -0.25) is 4.79 Å². The summed E-state index contributed by atoms with van der Waals surface area (Å²) in [6, 6.07) is 0. The summed E-state index contributed by atoms with van der Waals surface area (Å²) in [5, 5.41) is 0.359. The Morgan fingerprint density at radius 1 is 1.50 bits per heavy atom. The molecular formula is C9H16O3S2. The first-order chi connectivity index (χ1) is 6.47. The summed E-state index contributed by atoms with van der Waals surface area (Å²) in [6.07, 6.45) is 4.62. The van der Waals surface area contributed by atoms with E-state index in [-0.39, 0.29) is 5.75 Å². The van der Waals surface area contributed by atoms with Gasteiger partial charge in [0.2, 0.25) is 0 Å². The molecule has 0 aromatic heterocycles. The summed E-state index contributed by atoms with van der Waals surface area (Å²) in [6.45, 7) is 0. The number of carbonyl (C=O) groups excluding carboxylic acids is 1. The van der Waals surface area contributed by atoms with Crippen LogP contribution in [0.1, 0.15) is 25.7 Å². The average molecular weight is 236 g/mol. The van der Waals surface area contributed by atoms with Gasteiger partial charge in [-0.2, -0.15) is 11.8 Å². The number of hydrogen-bond donors (Lipinski definition) is 0. The van der Waals surface area contributed by atoms with E-state index in [4.69, 9.17) is 0 Å². The van der Waals surface area contributed by atoms with Crippen LogP contribution in [0.25, 0.3) is 0 Å². The molecule has 0 aromatic rings. The Morgan fingerprint density at radius 3 is 2.79 bits per heavy atom. The van der Waals surface area contributed by atoms with Gasteiger partial charge < -0.3 is 0 Å². The van der Waals surface area contributed by atoms with Gasteiger partial charge in [0.05, 0.1) is 5.75 Å². The maximum atomic E-state index is 11.1. The van der Waals surface area contributed by atoms with Crippen LogP contribution in [-0.2, 0) is 14.6 Å². The van der Waals surface area contributed by atoms with Gasteiger partial charge in [0.15, 0.2) is 0 Å². The van der Waals surface area contributed by atoms with Gasteiger partial charge in [-0.1, -0.05) is 0 Å². The lowest BCUT2D eigenvalue weighted by Gasteiger charge is -2.19. The molecular weight excluding hydrogens is 220 g/mol. The first-order valence-corrected chi connectivity index (χ1v) is 7.89. The molecule has 0 spiro atoms. The van der Waals surface area contributed by atoms with Crippen LogP contribution in [-0.4, -0.2) is 37.2 Å². The van der Waals surface area contributed by atoms with Crippen molar-refractivity contribution in [2.45, 2.75) is 30.9 Å². The third-order valence-electron chi connectivity index (χ3n) is 2.24. The first-order valence-electron chi connectivity index (χ1n) is 4.78. The van der Waals surface area contributed by atoms with Crippen LogP contribution >= 0.6 is 11.8 Å². The van der Waals surface area contributed by atoms with Crippen molar-refractivity contribution in [1.82, 2.24) is 0 Å². The van der Waals surface area contributed by atoms with Crippen molar-refractivity contribution >= 4 is 27.4 Å². The van der Waals surface area contributed by atoms with Gasteiger partial charge >= 0.3 is 0 Å². The summed E-state index contributed by atoms with van der Waals surface area (Å²) < 4.78 is 21.7. The number of Topliss-reactive ketones (excluding diaryl/α,β-unsaturated/α-hetero) is 1. The summed E-state index contributed by atoms with van der Waals surface area (Å²) >= 11 is 1.63. The molecule has 0 saturated heterocycles. The second-order valence-corrected chi connectivity index (χ2v) is 7.43. The van der Waals surface area contributed by atoms with E-state index in [1.54, 1.807) is 11.8 Å². The van der Waals surface area contributed by atoms with Crippen LogP contribution in [0.2, 0.25) is 0 Å². The molecule has 0 radical (unpaired) electrons. The Bertz CT molecular complexity index is 295. The summed E-state index contributed by atoms with van der Waals surface area (Å²) in [5.74, 6) is 1.17. The molecule has 1 unspecified atom stereocenters. The monoisotopic (exact) mass is 236 g/mol. The highest BCUT2D eigenvalue weighted by molar-refractivity contribution is 8.01. The number of thioether (sulfide) groups is 1. The van der Waals surface area contributed by atoms with Crippen LogP contribution in [0, 0.1) is 0 Å². The highest BCUT2D eigenvalue weighted by atomic mass is 32.2. The van der Waals surface area contributed by atoms with Gasteiger partial charge in [0.25, 0.3) is 0 Å². The molecule has 1 aliphatic carbocycles. The largest absolute Gasteiger partial charge is 0.300 e. The number of carbonyl (C=O) groups is 1. The van der Waals surface area contributed by atoms with Crippen molar-refractivity contribution in [3.05, 3.63) is 0 Å². The van der Waals surface area contributed by atoms with Crippen molar-refractivity contribution in [2.75, 3.05) is 17.8 Å². The van der Waals surface area contributed by atoms with Crippen molar-refractivity contribution < 1.29 is 13.2 Å². The molecule has 1 rings (SSSR count). The molecule has 1 aliphatic rings. The normalized spacial score (nSPS) is 23.8. The predicted molar refractivity (Wildman–Crippen MR) is 59.4 cm³/mol. The summed E-state index contributed by atoms with van der Waals surface area (Å²) in [5.41, 5.74) is 0. The van der Waals surface area contributed by atoms with Gasteiger partial charge in [-0.05, 0) is 12.8 Å². The SMILES string of the molecule is CS(=O)(=O)CCSC1CCCC(=O)C1. The van der Waals surface area contributed by atoms with Crippen molar-refractivity contribution in [1.29, 1.82) is 0 Å². The average Bonchev–Trinajstić information content (AvgIpc) is 2.01. The van der Waals surface area contributed by atoms with E-state index < -0.39 is 9.84 Å². The maximum Gasteiger partial charge on any atom is 0.148 e. The topological polar surface area (TPSA) is 51.2 Å². The molecule has 0 amide bonds. The zero-order chi connectivity index (χ0) is 10.6. The van der Waals surface area contributed by atoms with Gasteiger partial charge in [-0.15, -0.1) is 0 Å². The maximum absolute atomic E-state index is 11.1. The van der Waals surface area contributed by atoms with Crippen LogP contribution in [0.15, 0.2) is 0 Å². The van der Waals surface area contributed by atoms with Crippen LogP contribution < -0.4 is 0 Å². The second-order valence-electron chi connectivity index (χ2n) is 3.76. The molecule has 5 heteroatoms. The lowest BCUT2D eigenvalue weighted by Crippen LogP contribution is -2.18. The first kappa shape index (κ1) is 12.0. The Labute approximate surface area is 89.6 Å². The molecule has 0 bridgehead atoms. The smallest absolute Gasteiger partial charge is 0.148 e. The Morgan fingerprint density at radius 2 is 2.21 bits per heavy atom. The lowest BCUT2D eigenvalue weighted by atomic mass is 9.99. The Kier molecular flexibility index (Phi) is 4.44. The number of ketones is 1. The van der Waals surface area contributed by atoms with E-state index in [0.29, 0.717) is 29.6 Å². The van der Waals surface area contributed by atoms with E-state index in [2.05, 4.69) is 0 Å². The van der Waals surface area contributed by atoms with Crippen molar-refractivity contribution in [3.8, 4) is 0 Å². The number of rotatable bonds is 4. The van der Waals surface area contributed by atoms with E-state index in [1.165, 1.54) is 6.26 Å². The highest BCUT2D eigenvalue weighted by Crippen LogP contribution is 2.26. The van der Waals surface area contributed by atoms with Crippen LogP contribution in [0.5, 0.6) is 0 Å². The van der Waals surface area contributed by atoms with E-state index in [1.807, 2.05) is 0 Å². The number of hydrogen-bond acceptors (Lipinski definition) is 4. The quantitative estimate of drug-likeness (QED) is 0.738. The zero-order valence-corrected chi connectivity index (χ0v) is 9.99. The Hall–Kier alpha value is -0.0300. The zero-order valence-electron chi connectivity index (χ0n) is 8.36. The van der Waals surface area contributed by atoms with E-state index >= 15 is 0 Å². The molecule has 0 N–H and O–H groups in total. The van der Waals surface area contributed by atoms with Crippen LogP contribution in [0.4, 0.5) is 0 Å². The molecule has 0 heterocycles. The summed E-state index contributed by atoms with van der Waals surface area (Å²) in [4.78, 5) is 11.1. The fourth-order valence-electron chi connectivity index (χ4n) is 1.49. The molecule has 3 nitrogen and oxygen atoms in total. The van der Waals surface area contributed by atoms with Crippen molar-refractivity contribution in [3.63, 3.8) is 0 Å². The molecule has 1 fully saturated rings. The molecule has 82 valence electrons. The standard InChI is InChI=1S/C9H16O3S2/c1-14(11,12)6-5-13-9-4-2-3-8(10)7-9/h9H,2-7H2,1H3. The third kappa shape index (κ3) is 5.00. The number of sulfone groups is 1. The lowest BCUT2D eigenvalue weighted by molar-refractivity contribution is -0.120. The fraction of sp³-hybridized carbons (Fsp3) is 0.889. The third-order valence-corrected chi connectivity index (χ3v) is 4.76. The molecule has 1 atom stereocenters. The minimum Gasteiger partial charge on any atom is -0.300 e. The minimum absolute atomic E-state index is 0.225. The highest BCUT2D eigenvalue weighted by Gasteiger charge is 2.19. The van der Waals surface area contributed by atoms with E-state index in [0.717, 1.165) is 12.8 Å². The molecule has 14 heavy (non-hydrogen) atoms. The second kappa shape index (κ2) is 5.16.